The fraction of sp³-hybridized carbons (Fsp3) is 0.500. The number of carbonyl (C=O) groups excluding carboxylic acids is 1. The zero-order chi connectivity index (χ0) is 15.5. The van der Waals surface area contributed by atoms with Crippen LogP contribution in [-0.2, 0) is 9.05 Å². The molecule has 1 unspecified atom stereocenters. The van der Waals surface area contributed by atoms with Crippen molar-refractivity contribution >= 4 is 25.6 Å². The lowest BCUT2D eigenvalue weighted by Crippen LogP contribution is -2.28. The van der Waals surface area contributed by atoms with Crippen molar-refractivity contribution in [2.45, 2.75) is 39.0 Å². The summed E-state index contributed by atoms with van der Waals surface area (Å²) in [6.45, 7) is 8.07. The fourth-order valence-electron chi connectivity index (χ4n) is 1.72. The Bertz CT molecular complexity index is 611. The van der Waals surface area contributed by atoms with Gasteiger partial charge in [0.25, 0.3) is 15.0 Å². The molecule has 1 aromatic carbocycles. The molecule has 112 valence electrons. The largest absolute Gasteiger partial charge is 0.352 e. The second-order valence-corrected chi connectivity index (χ2v) is 7.61. The van der Waals surface area contributed by atoms with Gasteiger partial charge in [0, 0.05) is 22.8 Å². The third kappa shape index (κ3) is 4.21. The topological polar surface area (TPSA) is 63.2 Å². The normalized spacial score (nSPS) is 13.1. The molecule has 0 aromatic heterocycles. The van der Waals surface area contributed by atoms with Gasteiger partial charge >= 0.3 is 0 Å². The lowest BCUT2D eigenvalue weighted by atomic mass is 10.1. The summed E-state index contributed by atoms with van der Waals surface area (Å²) in [5.74, 6) is 0.0942. The summed E-state index contributed by atoms with van der Waals surface area (Å²) in [4.78, 5) is 12.1. The number of nitrogens with one attached hydrogen (secondary N) is 1. The number of aryl methyl sites for hydroxylation is 1. The van der Waals surface area contributed by atoms with Gasteiger partial charge in [-0.3, -0.25) is 4.79 Å². The molecular formula is C14H20ClNO3S. The third-order valence-electron chi connectivity index (χ3n) is 3.45. The van der Waals surface area contributed by atoms with E-state index in [1.54, 1.807) is 19.9 Å². The maximum absolute atomic E-state index is 12.1. The van der Waals surface area contributed by atoms with E-state index in [9.17, 15) is 13.2 Å². The van der Waals surface area contributed by atoms with Gasteiger partial charge in [-0.15, -0.1) is 0 Å². The van der Waals surface area contributed by atoms with Crippen LogP contribution in [0.5, 0.6) is 0 Å². The number of hydrogen-bond acceptors (Lipinski definition) is 3. The smallest absolute Gasteiger partial charge is 0.261 e. The molecule has 1 amide bonds. The van der Waals surface area contributed by atoms with Crippen LogP contribution < -0.4 is 5.32 Å². The molecule has 0 saturated carbocycles. The van der Waals surface area contributed by atoms with Gasteiger partial charge in [0.2, 0.25) is 0 Å². The van der Waals surface area contributed by atoms with Gasteiger partial charge in [-0.05, 0) is 43.0 Å². The highest BCUT2D eigenvalue weighted by Gasteiger charge is 2.18. The van der Waals surface area contributed by atoms with Crippen molar-refractivity contribution in [3.63, 3.8) is 0 Å². The predicted molar refractivity (Wildman–Crippen MR) is 80.7 cm³/mol. The van der Waals surface area contributed by atoms with Crippen LogP contribution in [0, 0.1) is 19.8 Å². The van der Waals surface area contributed by atoms with Crippen molar-refractivity contribution in [2.75, 3.05) is 6.54 Å². The van der Waals surface area contributed by atoms with Crippen molar-refractivity contribution in [3.05, 3.63) is 28.8 Å². The van der Waals surface area contributed by atoms with Crippen molar-refractivity contribution in [1.82, 2.24) is 5.32 Å². The highest BCUT2D eigenvalue weighted by atomic mass is 35.7. The van der Waals surface area contributed by atoms with E-state index < -0.39 is 9.05 Å². The van der Waals surface area contributed by atoms with Crippen molar-refractivity contribution in [3.8, 4) is 0 Å². The van der Waals surface area contributed by atoms with E-state index in [-0.39, 0.29) is 10.8 Å². The van der Waals surface area contributed by atoms with Gasteiger partial charge in [-0.25, -0.2) is 8.42 Å². The lowest BCUT2D eigenvalue weighted by Gasteiger charge is -2.12. The van der Waals surface area contributed by atoms with Crippen molar-refractivity contribution in [1.29, 1.82) is 0 Å². The first kappa shape index (κ1) is 17.0. The number of carbonyl (C=O) groups is 1. The number of hydrogen-bond donors (Lipinski definition) is 1. The average molecular weight is 318 g/mol. The van der Waals surface area contributed by atoms with Crippen LogP contribution in [0.3, 0.4) is 0 Å². The highest BCUT2D eigenvalue weighted by molar-refractivity contribution is 8.13. The minimum atomic E-state index is -3.86. The number of benzene rings is 1. The Morgan fingerprint density at radius 3 is 2.45 bits per heavy atom. The van der Waals surface area contributed by atoms with E-state index in [2.05, 4.69) is 5.32 Å². The Labute approximate surface area is 124 Å². The quantitative estimate of drug-likeness (QED) is 0.849. The molecule has 0 saturated heterocycles. The van der Waals surface area contributed by atoms with Gasteiger partial charge in [0.1, 0.15) is 0 Å². The van der Waals surface area contributed by atoms with Crippen molar-refractivity contribution in [2.24, 2.45) is 5.92 Å². The zero-order valence-corrected chi connectivity index (χ0v) is 13.7. The monoisotopic (exact) mass is 317 g/mol. The first-order valence-corrected chi connectivity index (χ1v) is 8.81. The van der Waals surface area contributed by atoms with Crippen LogP contribution in [0.2, 0.25) is 0 Å². The summed E-state index contributed by atoms with van der Waals surface area (Å²) in [5.41, 5.74) is 1.61. The van der Waals surface area contributed by atoms with Gasteiger partial charge in [-0.2, -0.15) is 0 Å². The van der Waals surface area contributed by atoms with Crippen LogP contribution in [0.25, 0.3) is 0 Å². The summed E-state index contributed by atoms with van der Waals surface area (Å²) in [6, 6.07) is 3.00. The lowest BCUT2D eigenvalue weighted by molar-refractivity contribution is 0.0947. The van der Waals surface area contributed by atoms with Crippen LogP contribution in [0.1, 0.15) is 41.8 Å². The molecule has 20 heavy (non-hydrogen) atoms. The summed E-state index contributed by atoms with van der Waals surface area (Å²) < 4.78 is 23.1. The molecule has 0 aliphatic carbocycles. The Hall–Kier alpha value is -1.07. The van der Waals surface area contributed by atoms with Gasteiger partial charge in [0.15, 0.2) is 0 Å². The zero-order valence-electron chi connectivity index (χ0n) is 12.2. The highest BCUT2D eigenvalue weighted by Crippen LogP contribution is 2.24. The standard InChI is InChI=1S/C14H20ClNO3S/c1-5-9(2)8-16-14(17)12-6-10(3)11(4)13(7-12)20(15,18)19/h6-7,9H,5,8H2,1-4H3,(H,16,17). The van der Waals surface area contributed by atoms with Gasteiger partial charge < -0.3 is 5.32 Å². The molecular weight excluding hydrogens is 298 g/mol. The van der Waals surface area contributed by atoms with E-state index in [0.29, 0.717) is 23.6 Å². The minimum absolute atomic E-state index is 0.00661. The molecule has 0 aliphatic heterocycles. The molecule has 1 atom stereocenters. The summed E-state index contributed by atoms with van der Waals surface area (Å²) in [6.07, 6.45) is 0.967. The molecule has 1 rings (SSSR count). The maximum Gasteiger partial charge on any atom is 0.261 e. The van der Waals surface area contributed by atoms with Crippen molar-refractivity contribution < 1.29 is 13.2 Å². The fourth-order valence-corrected chi connectivity index (χ4v) is 3.00. The number of rotatable bonds is 5. The van der Waals surface area contributed by atoms with E-state index in [4.69, 9.17) is 10.7 Å². The van der Waals surface area contributed by atoms with E-state index in [1.807, 2.05) is 13.8 Å². The average Bonchev–Trinajstić information content (AvgIpc) is 2.36. The summed E-state index contributed by atoms with van der Waals surface area (Å²) in [5, 5.41) is 2.80. The second kappa shape index (κ2) is 6.59. The molecule has 1 N–H and O–H groups in total. The number of amides is 1. The molecule has 0 fully saturated rings. The van der Waals surface area contributed by atoms with Crippen LogP contribution in [-0.4, -0.2) is 20.9 Å². The molecule has 4 nitrogen and oxygen atoms in total. The second-order valence-electron chi connectivity index (χ2n) is 5.08. The molecule has 0 aliphatic rings. The van der Waals surface area contributed by atoms with Crippen LogP contribution in [0.4, 0.5) is 0 Å². The van der Waals surface area contributed by atoms with E-state index >= 15 is 0 Å². The van der Waals surface area contributed by atoms with Crippen LogP contribution in [0.15, 0.2) is 17.0 Å². The Kier molecular flexibility index (Phi) is 5.59. The predicted octanol–water partition coefficient (Wildman–Crippen LogP) is 3.01. The molecule has 0 heterocycles. The first-order valence-electron chi connectivity index (χ1n) is 6.51. The third-order valence-corrected chi connectivity index (χ3v) is 4.90. The summed E-state index contributed by atoms with van der Waals surface area (Å²) >= 11 is 0. The summed E-state index contributed by atoms with van der Waals surface area (Å²) in [7, 11) is 1.55. The van der Waals surface area contributed by atoms with Crippen LogP contribution >= 0.6 is 10.7 Å². The van der Waals surface area contributed by atoms with Gasteiger partial charge in [-0.1, -0.05) is 20.3 Å². The molecule has 6 heteroatoms. The molecule has 0 spiro atoms. The molecule has 0 bridgehead atoms. The molecule has 0 radical (unpaired) electrons. The van der Waals surface area contributed by atoms with Gasteiger partial charge in [0.05, 0.1) is 4.90 Å². The van der Waals surface area contributed by atoms with E-state index in [1.165, 1.54) is 6.07 Å². The SMILES string of the molecule is CCC(C)CNC(=O)c1cc(C)c(C)c(S(=O)(=O)Cl)c1. The molecule has 1 aromatic rings. The maximum atomic E-state index is 12.1. The number of halogens is 1. The minimum Gasteiger partial charge on any atom is -0.352 e. The Morgan fingerprint density at radius 2 is 1.95 bits per heavy atom. The Morgan fingerprint density at radius 1 is 1.35 bits per heavy atom. The van der Waals surface area contributed by atoms with E-state index in [0.717, 1.165) is 12.0 Å². The Balaban J connectivity index is 3.09. The first-order chi connectivity index (χ1) is 9.16.